The van der Waals surface area contributed by atoms with E-state index in [9.17, 15) is 9.59 Å². The van der Waals surface area contributed by atoms with Crippen LogP contribution in [0.25, 0.3) is 0 Å². The fourth-order valence-corrected chi connectivity index (χ4v) is 6.18. The lowest BCUT2D eigenvalue weighted by molar-refractivity contribution is -0.148. The molecule has 6 heteroatoms. The molecule has 124 valence electrons. The number of methoxy groups -OCH3 is 1. The van der Waals surface area contributed by atoms with Gasteiger partial charge >= 0.3 is 12.1 Å². The van der Waals surface area contributed by atoms with Crippen molar-refractivity contribution in [1.82, 2.24) is 5.32 Å². The summed E-state index contributed by atoms with van der Waals surface area (Å²) in [6.07, 6.45) is 3.41. The number of ether oxygens (including phenoxy) is 2. The van der Waals surface area contributed by atoms with Crippen LogP contribution >= 0.6 is 22.6 Å². The van der Waals surface area contributed by atoms with Crippen LogP contribution in [0.4, 0.5) is 4.79 Å². The summed E-state index contributed by atoms with van der Waals surface area (Å²) in [7, 11) is 1.34. The van der Waals surface area contributed by atoms with Crippen molar-refractivity contribution in [1.29, 1.82) is 0 Å². The van der Waals surface area contributed by atoms with Crippen LogP contribution in [0, 0.1) is 5.41 Å². The van der Waals surface area contributed by atoms with Crippen LogP contribution in [0.15, 0.2) is 30.3 Å². The first-order valence-electron chi connectivity index (χ1n) is 7.68. The predicted molar refractivity (Wildman–Crippen MR) is 93.2 cm³/mol. The van der Waals surface area contributed by atoms with Crippen LogP contribution in [-0.2, 0) is 20.9 Å². The zero-order valence-electron chi connectivity index (χ0n) is 13.0. The number of amides is 1. The largest absolute Gasteiger partial charge is 0.467 e. The van der Waals surface area contributed by atoms with Crippen molar-refractivity contribution in [3.63, 3.8) is 0 Å². The zero-order chi connectivity index (χ0) is 16.5. The van der Waals surface area contributed by atoms with Crippen molar-refractivity contribution in [2.45, 2.75) is 41.8 Å². The van der Waals surface area contributed by atoms with Gasteiger partial charge in [-0.1, -0.05) is 52.9 Å². The minimum absolute atomic E-state index is 0.183. The smallest absolute Gasteiger partial charge is 0.408 e. The van der Waals surface area contributed by atoms with Gasteiger partial charge in [-0.3, -0.25) is 0 Å². The van der Waals surface area contributed by atoms with Crippen molar-refractivity contribution in [2.24, 2.45) is 5.41 Å². The molecule has 3 fully saturated rings. The lowest BCUT2D eigenvalue weighted by atomic mass is 9.42. The third-order valence-corrected chi connectivity index (χ3v) is 5.85. The SMILES string of the molecule is COC(=O)[C@H](CC12CC(I)(C1)C2)NC(=O)OCc1ccccc1. The Morgan fingerprint density at radius 2 is 1.91 bits per heavy atom. The van der Waals surface area contributed by atoms with Gasteiger partial charge in [-0.25, -0.2) is 9.59 Å². The molecule has 5 nitrogen and oxygen atoms in total. The number of carbonyl (C=O) groups excluding carboxylic acids is 2. The molecule has 0 aliphatic heterocycles. The summed E-state index contributed by atoms with van der Waals surface area (Å²) in [4.78, 5) is 23.9. The summed E-state index contributed by atoms with van der Waals surface area (Å²) in [6.45, 7) is 0.183. The summed E-state index contributed by atoms with van der Waals surface area (Å²) >= 11 is 2.49. The highest BCUT2D eigenvalue weighted by atomic mass is 127. The van der Waals surface area contributed by atoms with E-state index in [0.29, 0.717) is 9.84 Å². The fraction of sp³-hybridized carbons (Fsp3) is 0.529. The third kappa shape index (κ3) is 3.62. The van der Waals surface area contributed by atoms with E-state index in [1.54, 1.807) is 0 Å². The number of benzene rings is 1. The second-order valence-corrected chi connectivity index (χ2v) is 8.96. The van der Waals surface area contributed by atoms with Gasteiger partial charge in [0.15, 0.2) is 0 Å². The van der Waals surface area contributed by atoms with E-state index in [1.165, 1.54) is 7.11 Å². The molecular weight excluding hydrogens is 409 g/mol. The van der Waals surface area contributed by atoms with Crippen molar-refractivity contribution in [2.75, 3.05) is 7.11 Å². The van der Waals surface area contributed by atoms with Gasteiger partial charge in [-0.2, -0.15) is 0 Å². The number of hydrogen-bond donors (Lipinski definition) is 1. The normalized spacial score (nSPS) is 28.8. The number of esters is 1. The lowest BCUT2D eigenvalue weighted by Crippen LogP contribution is -2.65. The summed E-state index contributed by atoms with van der Waals surface area (Å²) < 4.78 is 10.5. The van der Waals surface area contributed by atoms with Crippen molar-refractivity contribution in [3.8, 4) is 0 Å². The molecule has 2 bridgehead atoms. The standard InChI is InChI=1S/C17H20INO4/c1-22-14(20)13(7-16-9-17(18,10-16)11-16)19-15(21)23-8-12-5-3-2-4-6-12/h2-6,13H,7-11H2,1H3,(H,19,21)/t13-,16?,17?/m0/s1. The second kappa shape index (κ2) is 6.30. The third-order valence-electron chi connectivity index (χ3n) is 4.70. The van der Waals surface area contributed by atoms with Crippen LogP contribution in [0.3, 0.4) is 0 Å². The Hall–Kier alpha value is -1.31. The first-order valence-corrected chi connectivity index (χ1v) is 8.76. The molecule has 0 spiro atoms. The molecule has 0 saturated heterocycles. The highest BCUT2D eigenvalue weighted by Gasteiger charge is 2.66. The van der Waals surface area contributed by atoms with Crippen LogP contribution in [-0.4, -0.2) is 28.6 Å². The van der Waals surface area contributed by atoms with Crippen LogP contribution in [0.1, 0.15) is 31.2 Å². The quantitative estimate of drug-likeness (QED) is 0.429. The zero-order valence-corrected chi connectivity index (χ0v) is 15.2. The maximum atomic E-state index is 12.0. The Morgan fingerprint density at radius 3 is 2.48 bits per heavy atom. The maximum absolute atomic E-state index is 12.0. The van der Waals surface area contributed by atoms with Crippen LogP contribution < -0.4 is 5.32 Å². The number of nitrogens with one attached hydrogen (secondary N) is 1. The summed E-state index contributed by atoms with van der Waals surface area (Å²) in [6, 6.07) is 8.80. The summed E-state index contributed by atoms with van der Waals surface area (Å²) in [5.41, 5.74) is 1.11. The molecule has 0 radical (unpaired) electrons. The van der Waals surface area contributed by atoms with Crippen LogP contribution in [0.2, 0.25) is 0 Å². The molecule has 0 unspecified atom stereocenters. The van der Waals surface area contributed by atoms with Crippen molar-refractivity contribution < 1.29 is 19.1 Å². The van der Waals surface area contributed by atoms with E-state index < -0.39 is 18.1 Å². The van der Waals surface area contributed by atoms with E-state index in [4.69, 9.17) is 9.47 Å². The average Bonchev–Trinajstić information content (AvgIpc) is 2.49. The van der Waals surface area contributed by atoms with Gasteiger partial charge in [-0.05, 0) is 36.7 Å². The predicted octanol–water partition coefficient (Wildman–Crippen LogP) is 3.20. The van der Waals surface area contributed by atoms with E-state index >= 15 is 0 Å². The molecule has 3 aliphatic carbocycles. The molecule has 4 rings (SSSR count). The fourth-order valence-electron chi connectivity index (χ4n) is 3.75. The molecule has 1 aromatic rings. The Kier molecular flexibility index (Phi) is 4.53. The van der Waals surface area contributed by atoms with E-state index in [2.05, 4.69) is 27.9 Å². The molecule has 23 heavy (non-hydrogen) atoms. The van der Waals surface area contributed by atoms with Gasteiger partial charge in [0.25, 0.3) is 0 Å². The Balaban J connectivity index is 1.51. The molecule has 1 aromatic carbocycles. The molecule has 1 N–H and O–H groups in total. The first kappa shape index (κ1) is 16.5. The Labute approximate surface area is 149 Å². The van der Waals surface area contributed by atoms with Gasteiger partial charge in [0.1, 0.15) is 12.6 Å². The second-order valence-electron chi connectivity index (χ2n) is 6.67. The van der Waals surface area contributed by atoms with Gasteiger partial charge in [0.2, 0.25) is 0 Å². The molecule has 3 aliphatic rings. The average molecular weight is 429 g/mol. The Bertz CT molecular complexity index is 584. The first-order chi connectivity index (χ1) is 10.9. The van der Waals surface area contributed by atoms with Gasteiger partial charge in [-0.15, -0.1) is 0 Å². The van der Waals surface area contributed by atoms with Gasteiger partial charge < -0.3 is 14.8 Å². The highest BCUT2D eigenvalue weighted by Crippen LogP contribution is 2.73. The summed E-state index contributed by atoms with van der Waals surface area (Å²) in [5.74, 6) is -0.408. The number of rotatable bonds is 6. The molecule has 1 amide bonds. The van der Waals surface area contributed by atoms with Crippen molar-refractivity contribution in [3.05, 3.63) is 35.9 Å². The van der Waals surface area contributed by atoms with Gasteiger partial charge in [0, 0.05) is 3.42 Å². The lowest BCUT2D eigenvalue weighted by Gasteiger charge is -2.69. The number of halogens is 1. The molecule has 3 saturated carbocycles. The van der Waals surface area contributed by atoms with Crippen molar-refractivity contribution >= 4 is 34.7 Å². The number of hydrogen-bond acceptors (Lipinski definition) is 4. The Morgan fingerprint density at radius 1 is 1.26 bits per heavy atom. The van der Waals surface area contributed by atoms with Crippen LogP contribution in [0.5, 0.6) is 0 Å². The molecule has 0 aromatic heterocycles. The molecule has 1 atom stereocenters. The number of alkyl halides is 1. The highest BCUT2D eigenvalue weighted by molar-refractivity contribution is 14.1. The minimum Gasteiger partial charge on any atom is -0.467 e. The van der Waals surface area contributed by atoms with E-state index in [1.807, 2.05) is 30.3 Å². The number of carbonyl (C=O) groups is 2. The number of alkyl carbamates (subject to hydrolysis) is 1. The molecule has 0 heterocycles. The van der Waals surface area contributed by atoms with E-state index in [-0.39, 0.29) is 12.0 Å². The van der Waals surface area contributed by atoms with Gasteiger partial charge in [0.05, 0.1) is 7.11 Å². The minimum atomic E-state index is -0.635. The monoisotopic (exact) mass is 429 g/mol. The summed E-state index contributed by atoms with van der Waals surface area (Å²) in [5, 5.41) is 2.66. The van der Waals surface area contributed by atoms with E-state index in [0.717, 1.165) is 24.8 Å². The molecular formula is C17H20INO4. The topological polar surface area (TPSA) is 64.6 Å². The maximum Gasteiger partial charge on any atom is 0.408 e.